The van der Waals surface area contributed by atoms with E-state index in [-0.39, 0.29) is 11.8 Å². The van der Waals surface area contributed by atoms with Crippen LogP contribution in [0.3, 0.4) is 0 Å². The molecule has 0 atom stereocenters. The largest absolute Gasteiger partial charge is 0.438 e. The van der Waals surface area contributed by atoms with E-state index in [9.17, 15) is 13.2 Å². The lowest BCUT2D eigenvalue weighted by Crippen LogP contribution is -2.11. The first kappa shape index (κ1) is 20.1. The third kappa shape index (κ3) is 4.81. The van der Waals surface area contributed by atoms with E-state index in [0.29, 0.717) is 11.4 Å². The van der Waals surface area contributed by atoms with Crippen LogP contribution in [0.5, 0.6) is 11.6 Å². The number of nitrogens with one attached hydrogen (secondary N) is 1. The van der Waals surface area contributed by atoms with Crippen LogP contribution in [0.4, 0.5) is 24.8 Å². The van der Waals surface area contributed by atoms with Crippen LogP contribution >= 0.6 is 15.9 Å². The Morgan fingerprint density at radius 1 is 0.929 bits per heavy atom. The number of hydrogen-bond donors (Lipinski definition) is 1. The maximum Gasteiger partial charge on any atom is 0.433 e. The number of halogens is 4. The predicted molar refractivity (Wildman–Crippen MR) is 105 cm³/mol. The topological polar surface area (TPSA) is 47.0 Å². The molecule has 0 aliphatic carbocycles. The second-order valence-electron chi connectivity index (χ2n) is 6.37. The molecule has 0 aliphatic heterocycles. The van der Waals surface area contributed by atoms with Gasteiger partial charge < -0.3 is 10.1 Å². The van der Waals surface area contributed by atoms with Crippen LogP contribution in [0.2, 0.25) is 0 Å². The Morgan fingerprint density at radius 2 is 1.54 bits per heavy atom. The lowest BCUT2D eigenvalue weighted by molar-refractivity contribution is -0.141. The molecule has 0 unspecified atom stereocenters. The van der Waals surface area contributed by atoms with Crippen molar-refractivity contribution in [3.63, 3.8) is 0 Å². The summed E-state index contributed by atoms with van der Waals surface area (Å²) in [7, 11) is 0. The molecular formula is C20H17BrF3N3O. The first-order valence-corrected chi connectivity index (χ1v) is 9.16. The molecule has 3 aromatic rings. The molecule has 146 valence electrons. The molecule has 28 heavy (non-hydrogen) atoms. The number of aromatic nitrogens is 2. The van der Waals surface area contributed by atoms with Crippen LogP contribution in [0.25, 0.3) is 0 Å². The van der Waals surface area contributed by atoms with Gasteiger partial charge in [-0.25, -0.2) is 4.98 Å². The van der Waals surface area contributed by atoms with E-state index in [4.69, 9.17) is 4.74 Å². The van der Waals surface area contributed by atoms with Crippen molar-refractivity contribution >= 4 is 27.6 Å². The normalized spacial score (nSPS) is 11.4. The zero-order chi connectivity index (χ0) is 20.5. The van der Waals surface area contributed by atoms with E-state index in [1.807, 2.05) is 32.9 Å². The number of benzene rings is 2. The molecule has 2 aromatic carbocycles. The highest BCUT2D eigenvalue weighted by atomic mass is 79.9. The molecule has 8 heteroatoms. The number of nitrogens with zero attached hydrogens (tertiary/aromatic N) is 2. The SMILES string of the molecule is Cc1cc(C)c(Oc2cc(C(F)(F)F)nc(Nc3ccc(Br)cc3)n2)c(C)c1. The Balaban J connectivity index is 2.00. The van der Waals surface area contributed by atoms with Gasteiger partial charge in [-0.3, -0.25) is 0 Å². The molecule has 0 aliphatic rings. The summed E-state index contributed by atoms with van der Waals surface area (Å²) in [6, 6.07) is 11.5. The van der Waals surface area contributed by atoms with Crippen molar-refractivity contribution in [2.45, 2.75) is 26.9 Å². The van der Waals surface area contributed by atoms with Crippen LogP contribution in [-0.2, 0) is 6.18 Å². The van der Waals surface area contributed by atoms with Gasteiger partial charge in [-0.05, 0) is 56.2 Å². The molecule has 1 N–H and O–H groups in total. The van der Waals surface area contributed by atoms with Gasteiger partial charge in [0.15, 0.2) is 5.69 Å². The van der Waals surface area contributed by atoms with Gasteiger partial charge in [-0.2, -0.15) is 18.2 Å². The minimum atomic E-state index is -4.63. The monoisotopic (exact) mass is 451 g/mol. The fraction of sp³-hybridized carbons (Fsp3) is 0.200. The summed E-state index contributed by atoms with van der Waals surface area (Å²) in [5, 5.41) is 2.79. The molecule has 1 aromatic heterocycles. The molecule has 4 nitrogen and oxygen atoms in total. The summed E-state index contributed by atoms with van der Waals surface area (Å²) in [5.41, 5.74) is 2.13. The van der Waals surface area contributed by atoms with Gasteiger partial charge in [-0.1, -0.05) is 33.6 Å². The van der Waals surface area contributed by atoms with Crippen molar-refractivity contribution in [2.24, 2.45) is 0 Å². The third-order valence-electron chi connectivity index (χ3n) is 3.90. The van der Waals surface area contributed by atoms with Gasteiger partial charge in [0.05, 0.1) is 0 Å². The third-order valence-corrected chi connectivity index (χ3v) is 4.43. The van der Waals surface area contributed by atoms with Crippen molar-refractivity contribution in [3.05, 3.63) is 69.3 Å². The quantitative estimate of drug-likeness (QED) is 0.478. The second kappa shape index (κ2) is 7.79. The average molecular weight is 452 g/mol. The van der Waals surface area contributed by atoms with Crippen molar-refractivity contribution < 1.29 is 17.9 Å². The Bertz CT molecular complexity index is 982. The fourth-order valence-electron chi connectivity index (χ4n) is 2.77. The van der Waals surface area contributed by atoms with Crippen molar-refractivity contribution in [1.82, 2.24) is 9.97 Å². The average Bonchev–Trinajstić information content (AvgIpc) is 2.59. The van der Waals surface area contributed by atoms with Crippen molar-refractivity contribution in [2.75, 3.05) is 5.32 Å². The summed E-state index contributed by atoms with van der Waals surface area (Å²) in [4.78, 5) is 7.69. The fourth-order valence-corrected chi connectivity index (χ4v) is 3.04. The molecule has 0 bridgehead atoms. The lowest BCUT2D eigenvalue weighted by atomic mass is 10.1. The van der Waals surface area contributed by atoms with Crippen molar-refractivity contribution in [3.8, 4) is 11.6 Å². The predicted octanol–water partition coefficient (Wildman–Crippen LogP) is 6.72. The highest BCUT2D eigenvalue weighted by molar-refractivity contribution is 9.10. The van der Waals surface area contributed by atoms with E-state index in [1.54, 1.807) is 24.3 Å². The van der Waals surface area contributed by atoms with Crippen LogP contribution in [0, 0.1) is 20.8 Å². The molecule has 0 radical (unpaired) electrons. The van der Waals surface area contributed by atoms with Gasteiger partial charge >= 0.3 is 6.18 Å². The molecule has 3 rings (SSSR count). The number of hydrogen-bond acceptors (Lipinski definition) is 4. The molecule has 1 heterocycles. The molecular weight excluding hydrogens is 435 g/mol. The van der Waals surface area contributed by atoms with Gasteiger partial charge in [0, 0.05) is 16.2 Å². The van der Waals surface area contributed by atoms with Crippen LogP contribution in [0.1, 0.15) is 22.4 Å². The lowest BCUT2D eigenvalue weighted by Gasteiger charge is -2.15. The van der Waals surface area contributed by atoms with E-state index in [2.05, 4.69) is 31.2 Å². The number of aryl methyl sites for hydroxylation is 3. The number of rotatable bonds is 4. The van der Waals surface area contributed by atoms with Gasteiger partial charge in [-0.15, -0.1) is 0 Å². The summed E-state index contributed by atoms with van der Waals surface area (Å²) in [6.07, 6.45) is -4.63. The summed E-state index contributed by atoms with van der Waals surface area (Å²) < 4.78 is 46.5. The van der Waals surface area contributed by atoms with Crippen LogP contribution in [-0.4, -0.2) is 9.97 Å². The first-order valence-electron chi connectivity index (χ1n) is 8.36. The van der Waals surface area contributed by atoms with E-state index >= 15 is 0 Å². The number of anilines is 2. The molecule has 0 amide bonds. The maximum atomic E-state index is 13.3. The van der Waals surface area contributed by atoms with Gasteiger partial charge in [0.25, 0.3) is 0 Å². The minimum absolute atomic E-state index is 0.183. The van der Waals surface area contributed by atoms with E-state index in [1.165, 1.54) is 0 Å². The molecule has 0 saturated heterocycles. The Labute approximate surface area is 168 Å². The van der Waals surface area contributed by atoms with E-state index < -0.39 is 11.9 Å². The van der Waals surface area contributed by atoms with Gasteiger partial charge in [0.2, 0.25) is 11.8 Å². The molecule has 0 saturated carbocycles. The Kier molecular flexibility index (Phi) is 5.60. The minimum Gasteiger partial charge on any atom is -0.438 e. The van der Waals surface area contributed by atoms with E-state index in [0.717, 1.165) is 27.2 Å². The zero-order valence-corrected chi connectivity index (χ0v) is 16.9. The summed E-state index contributed by atoms with van der Waals surface area (Å²) in [5.74, 6) is 0.0959. The van der Waals surface area contributed by atoms with Gasteiger partial charge in [0.1, 0.15) is 5.75 Å². The first-order chi connectivity index (χ1) is 13.1. The zero-order valence-electron chi connectivity index (χ0n) is 15.4. The summed E-state index contributed by atoms with van der Waals surface area (Å²) >= 11 is 3.31. The maximum absolute atomic E-state index is 13.3. The highest BCUT2D eigenvalue weighted by Gasteiger charge is 2.34. The van der Waals surface area contributed by atoms with Crippen LogP contribution in [0.15, 0.2) is 46.9 Å². The second-order valence-corrected chi connectivity index (χ2v) is 7.29. The number of alkyl halides is 3. The molecule has 0 spiro atoms. The molecule has 0 fully saturated rings. The smallest absolute Gasteiger partial charge is 0.433 e. The number of ether oxygens (including phenoxy) is 1. The van der Waals surface area contributed by atoms with Crippen LogP contribution < -0.4 is 10.1 Å². The Morgan fingerprint density at radius 3 is 2.11 bits per heavy atom. The Hall–Kier alpha value is -2.61. The summed E-state index contributed by atoms with van der Waals surface area (Å²) in [6.45, 7) is 5.61. The highest BCUT2D eigenvalue weighted by Crippen LogP contribution is 2.34. The standard InChI is InChI=1S/C20H17BrF3N3O/c1-11-8-12(2)18(13(3)9-11)28-17-10-16(20(22,23)24)26-19(27-17)25-15-6-4-14(21)5-7-15/h4-10H,1-3H3,(H,25,26,27). The van der Waals surface area contributed by atoms with Crippen molar-refractivity contribution in [1.29, 1.82) is 0 Å².